The van der Waals surface area contributed by atoms with Crippen molar-refractivity contribution in [2.45, 2.75) is 19.4 Å². The van der Waals surface area contributed by atoms with Crippen LogP contribution in [-0.2, 0) is 11.2 Å². The highest BCUT2D eigenvalue weighted by atomic mass is 16.2. The molecule has 0 N–H and O–H groups in total. The Morgan fingerprint density at radius 3 is 2.48 bits per heavy atom. The summed E-state index contributed by atoms with van der Waals surface area (Å²) in [5.74, 6) is -0.0896. The third-order valence-electron chi connectivity index (χ3n) is 6.21. The monoisotopic (exact) mass is 442 g/mol. The Morgan fingerprint density at radius 2 is 1.76 bits per heavy atom. The molecule has 1 aliphatic rings. The fraction of sp³-hybridized carbons (Fsp3) is 0.296. The zero-order valence-electron chi connectivity index (χ0n) is 19.4. The maximum Gasteiger partial charge on any atom is 0.254 e. The van der Waals surface area contributed by atoms with E-state index in [1.807, 2.05) is 79.3 Å². The summed E-state index contributed by atoms with van der Waals surface area (Å²) in [6.45, 7) is 3.71. The number of anilines is 1. The number of piperazine rings is 1. The Labute approximate surface area is 195 Å². The van der Waals surface area contributed by atoms with Crippen molar-refractivity contribution < 1.29 is 9.59 Å². The summed E-state index contributed by atoms with van der Waals surface area (Å²) < 4.78 is 0. The van der Waals surface area contributed by atoms with Gasteiger partial charge in [-0.25, -0.2) is 0 Å². The van der Waals surface area contributed by atoms with Crippen LogP contribution in [0.3, 0.4) is 0 Å². The van der Waals surface area contributed by atoms with E-state index >= 15 is 0 Å². The van der Waals surface area contributed by atoms with Gasteiger partial charge in [-0.3, -0.25) is 14.6 Å². The van der Waals surface area contributed by atoms with Crippen LogP contribution in [0.15, 0.2) is 73.1 Å². The fourth-order valence-electron chi connectivity index (χ4n) is 4.32. The zero-order chi connectivity index (χ0) is 23.4. The van der Waals surface area contributed by atoms with Crippen LogP contribution in [0, 0.1) is 0 Å². The second-order valence-electron chi connectivity index (χ2n) is 8.52. The molecule has 0 saturated carbocycles. The maximum absolute atomic E-state index is 13.5. The van der Waals surface area contributed by atoms with Gasteiger partial charge in [0.05, 0.1) is 0 Å². The highest BCUT2D eigenvalue weighted by Gasteiger charge is 2.37. The highest BCUT2D eigenvalue weighted by Crippen LogP contribution is 2.24. The summed E-state index contributed by atoms with van der Waals surface area (Å²) in [5, 5.41) is 0. The number of rotatable bonds is 6. The average molecular weight is 443 g/mol. The van der Waals surface area contributed by atoms with Gasteiger partial charge in [0, 0.05) is 63.8 Å². The van der Waals surface area contributed by atoms with Crippen molar-refractivity contribution in [3.8, 4) is 11.1 Å². The molecule has 1 atom stereocenters. The average Bonchev–Trinajstić information content (AvgIpc) is 2.85. The topological polar surface area (TPSA) is 56.8 Å². The first-order chi connectivity index (χ1) is 16.0. The first-order valence-corrected chi connectivity index (χ1v) is 11.3. The molecule has 1 saturated heterocycles. The molecule has 1 aliphatic heterocycles. The zero-order valence-corrected chi connectivity index (χ0v) is 19.4. The molecule has 33 heavy (non-hydrogen) atoms. The number of hydrogen-bond acceptors (Lipinski definition) is 4. The van der Waals surface area contributed by atoms with E-state index in [2.05, 4.69) is 17.1 Å². The molecule has 0 aliphatic carbocycles. The molecule has 6 nitrogen and oxygen atoms in total. The lowest BCUT2D eigenvalue weighted by Crippen LogP contribution is -2.59. The molecular weight excluding hydrogens is 412 g/mol. The molecule has 4 rings (SSSR count). The standard InChI is InChI=1S/C27H30N4O2/c1-4-30-15-16-31(26(32)23-9-6-10-24(19-23)29(2)3)25(27(30)33)18-20-7-5-8-22(17-20)21-11-13-28-14-12-21/h5-14,17,19,25H,4,15-16,18H2,1-3H3. The summed E-state index contributed by atoms with van der Waals surface area (Å²) in [6.07, 6.45) is 4.02. The van der Waals surface area contributed by atoms with Gasteiger partial charge < -0.3 is 14.7 Å². The predicted molar refractivity (Wildman–Crippen MR) is 131 cm³/mol. The number of carbonyl (C=O) groups excluding carboxylic acids is 2. The van der Waals surface area contributed by atoms with Crippen LogP contribution < -0.4 is 4.90 Å². The smallest absolute Gasteiger partial charge is 0.254 e. The molecule has 1 unspecified atom stereocenters. The maximum atomic E-state index is 13.5. The summed E-state index contributed by atoms with van der Waals surface area (Å²) in [5.41, 5.74) is 4.74. The summed E-state index contributed by atoms with van der Waals surface area (Å²) in [7, 11) is 3.90. The van der Waals surface area contributed by atoms with Crippen LogP contribution in [0.2, 0.25) is 0 Å². The first-order valence-electron chi connectivity index (χ1n) is 11.3. The molecule has 1 aromatic heterocycles. The minimum atomic E-state index is -0.526. The molecule has 2 amide bonds. The Hall–Kier alpha value is -3.67. The van der Waals surface area contributed by atoms with E-state index in [0.29, 0.717) is 31.6 Å². The number of amides is 2. The van der Waals surface area contributed by atoms with Crippen LogP contribution in [-0.4, -0.2) is 66.4 Å². The van der Waals surface area contributed by atoms with Crippen molar-refractivity contribution in [1.29, 1.82) is 0 Å². The number of benzene rings is 2. The van der Waals surface area contributed by atoms with Crippen molar-refractivity contribution in [3.63, 3.8) is 0 Å². The van der Waals surface area contributed by atoms with Gasteiger partial charge in [-0.1, -0.05) is 30.3 Å². The fourth-order valence-corrected chi connectivity index (χ4v) is 4.32. The van der Waals surface area contributed by atoms with Gasteiger partial charge in [0.1, 0.15) is 6.04 Å². The van der Waals surface area contributed by atoms with Gasteiger partial charge in [-0.05, 0) is 53.9 Å². The lowest BCUT2D eigenvalue weighted by Gasteiger charge is -2.40. The normalized spacial score (nSPS) is 16.1. The van der Waals surface area contributed by atoms with Gasteiger partial charge in [-0.2, -0.15) is 0 Å². The molecule has 2 aromatic carbocycles. The number of carbonyl (C=O) groups is 2. The Bertz CT molecular complexity index is 1130. The second kappa shape index (κ2) is 9.86. The summed E-state index contributed by atoms with van der Waals surface area (Å²) in [4.78, 5) is 36.5. The third kappa shape index (κ3) is 4.90. The Kier molecular flexibility index (Phi) is 6.73. The quantitative estimate of drug-likeness (QED) is 0.584. The lowest BCUT2D eigenvalue weighted by atomic mass is 9.97. The van der Waals surface area contributed by atoms with Gasteiger partial charge >= 0.3 is 0 Å². The van der Waals surface area contributed by atoms with Gasteiger partial charge in [0.25, 0.3) is 5.91 Å². The van der Waals surface area contributed by atoms with Crippen molar-refractivity contribution in [2.24, 2.45) is 0 Å². The van der Waals surface area contributed by atoms with Crippen molar-refractivity contribution in [1.82, 2.24) is 14.8 Å². The van der Waals surface area contributed by atoms with Gasteiger partial charge in [0.15, 0.2) is 0 Å². The second-order valence-corrected chi connectivity index (χ2v) is 8.52. The number of nitrogens with zero attached hydrogens (tertiary/aromatic N) is 4. The van der Waals surface area contributed by atoms with E-state index in [-0.39, 0.29) is 11.8 Å². The highest BCUT2D eigenvalue weighted by molar-refractivity contribution is 5.99. The first kappa shape index (κ1) is 22.5. The van der Waals surface area contributed by atoms with E-state index < -0.39 is 6.04 Å². The molecule has 0 spiro atoms. The molecular formula is C27H30N4O2. The number of likely N-dealkylation sites (N-methyl/N-ethyl adjacent to an activating group) is 1. The predicted octanol–water partition coefficient (Wildman–Crippen LogP) is 3.73. The third-order valence-corrected chi connectivity index (χ3v) is 6.21. The van der Waals surface area contributed by atoms with Crippen LogP contribution in [0.5, 0.6) is 0 Å². The molecule has 2 heterocycles. The molecule has 0 radical (unpaired) electrons. The van der Waals surface area contributed by atoms with Crippen LogP contribution in [0.25, 0.3) is 11.1 Å². The van der Waals surface area contributed by atoms with E-state index in [0.717, 1.165) is 22.4 Å². The molecule has 3 aromatic rings. The van der Waals surface area contributed by atoms with Crippen molar-refractivity contribution in [3.05, 3.63) is 84.2 Å². The summed E-state index contributed by atoms with van der Waals surface area (Å²) in [6, 6.07) is 19.2. The minimum Gasteiger partial charge on any atom is -0.378 e. The number of pyridine rings is 1. The van der Waals surface area contributed by atoms with E-state index in [4.69, 9.17) is 0 Å². The van der Waals surface area contributed by atoms with Crippen LogP contribution >= 0.6 is 0 Å². The molecule has 6 heteroatoms. The largest absolute Gasteiger partial charge is 0.378 e. The molecule has 170 valence electrons. The van der Waals surface area contributed by atoms with Crippen molar-refractivity contribution in [2.75, 3.05) is 38.6 Å². The van der Waals surface area contributed by atoms with E-state index in [1.165, 1.54) is 0 Å². The molecule has 0 bridgehead atoms. The van der Waals surface area contributed by atoms with E-state index in [1.54, 1.807) is 17.3 Å². The minimum absolute atomic E-state index is 0.00942. The van der Waals surface area contributed by atoms with Crippen LogP contribution in [0.4, 0.5) is 5.69 Å². The van der Waals surface area contributed by atoms with Gasteiger partial charge in [0.2, 0.25) is 5.91 Å². The van der Waals surface area contributed by atoms with Crippen molar-refractivity contribution >= 4 is 17.5 Å². The molecule has 1 fully saturated rings. The number of hydrogen-bond donors (Lipinski definition) is 0. The van der Waals surface area contributed by atoms with Gasteiger partial charge in [-0.15, -0.1) is 0 Å². The Morgan fingerprint density at radius 1 is 1.00 bits per heavy atom. The lowest BCUT2D eigenvalue weighted by molar-refractivity contribution is -0.139. The number of aromatic nitrogens is 1. The Balaban J connectivity index is 1.64. The summed E-state index contributed by atoms with van der Waals surface area (Å²) >= 11 is 0. The van der Waals surface area contributed by atoms with Crippen LogP contribution in [0.1, 0.15) is 22.8 Å². The SMILES string of the molecule is CCN1CCN(C(=O)c2cccc(N(C)C)c2)C(Cc2cccc(-c3ccncc3)c2)C1=O. The van der Waals surface area contributed by atoms with E-state index in [9.17, 15) is 9.59 Å².